The Balaban J connectivity index is 1.80. The van der Waals surface area contributed by atoms with Crippen molar-refractivity contribution in [1.82, 2.24) is 9.88 Å². The van der Waals surface area contributed by atoms with E-state index in [1.165, 1.54) is 38.5 Å². The van der Waals surface area contributed by atoms with Crippen LogP contribution in [0.15, 0.2) is 5.38 Å². The first-order chi connectivity index (χ1) is 10.2. The summed E-state index contributed by atoms with van der Waals surface area (Å²) in [5.74, 6) is 1.31. The molecule has 1 aromatic heterocycles. The minimum atomic E-state index is 0.178. The molecule has 0 bridgehead atoms. The maximum absolute atomic E-state index is 12.9. The Labute approximate surface area is 131 Å². The molecule has 2 atom stereocenters. The van der Waals surface area contributed by atoms with Gasteiger partial charge in [-0.3, -0.25) is 4.79 Å². The van der Waals surface area contributed by atoms with Crippen molar-refractivity contribution in [2.45, 2.75) is 70.8 Å². The molecule has 1 saturated heterocycles. The molecule has 21 heavy (non-hydrogen) atoms. The number of likely N-dealkylation sites (tertiary alicyclic amines) is 1. The zero-order valence-electron chi connectivity index (χ0n) is 13.2. The minimum absolute atomic E-state index is 0.178. The van der Waals surface area contributed by atoms with Crippen molar-refractivity contribution < 1.29 is 4.79 Å². The second kappa shape index (κ2) is 6.47. The Hall–Kier alpha value is -0.900. The van der Waals surface area contributed by atoms with Crippen LogP contribution in [0.1, 0.15) is 80.2 Å². The van der Waals surface area contributed by atoms with E-state index in [-0.39, 0.29) is 5.91 Å². The highest BCUT2D eigenvalue weighted by atomic mass is 32.1. The van der Waals surface area contributed by atoms with E-state index < -0.39 is 0 Å². The van der Waals surface area contributed by atoms with Crippen LogP contribution in [-0.2, 0) is 0 Å². The molecule has 1 amide bonds. The molecular formula is C17H26N2OS. The Morgan fingerprint density at radius 1 is 1.24 bits per heavy atom. The molecule has 116 valence electrons. The van der Waals surface area contributed by atoms with Gasteiger partial charge in [0, 0.05) is 23.9 Å². The minimum Gasteiger partial charge on any atom is -0.334 e. The summed E-state index contributed by atoms with van der Waals surface area (Å²) in [6, 6.07) is 0.470. The topological polar surface area (TPSA) is 33.2 Å². The van der Waals surface area contributed by atoms with E-state index in [0.717, 1.165) is 23.9 Å². The van der Waals surface area contributed by atoms with Crippen molar-refractivity contribution in [3.63, 3.8) is 0 Å². The van der Waals surface area contributed by atoms with E-state index in [1.54, 1.807) is 11.3 Å². The number of rotatable bonds is 2. The Morgan fingerprint density at radius 2 is 1.95 bits per heavy atom. The van der Waals surface area contributed by atoms with Crippen LogP contribution >= 0.6 is 11.3 Å². The average Bonchev–Trinajstić information content (AvgIpc) is 2.88. The fourth-order valence-electron chi connectivity index (χ4n) is 3.84. The number of carbonyl (C=O) groups is 1. The van der Waals surface area contributed by atoms with Gasteiger partial charge in [0.05, 0.1) is 5.01 Å². The summed E-state index contributed by atoms with van der Waals surface area (Å²) in [6.07, 6.45) is 8.86. The van der Waals surface area contributed by atoms with Gasteiger partial charge in [-0.2, -0.15) is 0 Å². The maximum atomic E-state index is 12.9. The van der Waals surface area contributed by atoms with E-state index in [1.807, 2.05) is 5.38 Å². The van der Waals surface area contributed by atoms with Crippen LogP contribution in [-0.4, -0.2) is 28.4 Å². The third-order valence-corrected chi connectivity index (χ3v) is 6.13. The molecule has 1 aliphatic carbocycles. The van der Waals surface area contributed by atoms with Gasteiger partial charge in [0.2, 0.25) is 0 Å². The summed E-state index contributed by atoms with van der Waals surface area (Å²) in [5, 5.41) is 3.04. The van der Waals surface area contributed by atoms with Crippen LogP contribution in [0.4, 0.5) is 0 Å². The van der Waals surface area contributed by atoms with Gasteiger partial charge in [-0.25, -0.2) is 4.98 Å². The summed E-state index contributed by atoms with van der Waals surface area (Å²) in [6.45, 7) is 5.20. The van der Waals surface area contributed by atoms with E-state index in [4.69, 9.17) is 0 Å². The van der Waals surface area contributed by atoms with Crippen molar-refractivity contribution in [1.29, 1.82) is 0 Å². The highest BCUT2D eigenvalue weighted by Gasteiger charge is 2.35. The first-order valence-corrected chi connectivity index (χ1v) is 9.31. The summed E-state index contributed by atoms with van der Waals surface area (Å²) in [5.41, 5.74) is 0.676. The summed E-state index contributed by atoms with van der Waals surface area (Å²) < 4.78 is 0. The summed E-state index contributed by atoms with van der Waals surface area (Å²) >= 11 is 1.63. The molecule has 3 nitrogen and oxygen atoms in total. The first kappa shape index (κ1) is 15.0. The van der Waals surface area contributed by atoms with Crippen molar-refractivity contribution in [3.8, 4) is 0 Å². The molecule has 1 aliphatic heterocycles. The van der Waals surface area contributed by atoms with Crippen LogP contribution in [0, 0.1) is 5.92 Å². The predicted octanol–water partition coefficient (Wildman–Crippen LogP) is 4.45. The zero-order chi connectivity index (χ0) is 14.8. The molecule has 2 heterocycles. The average molecular weight is 306 g/mol. The fourth-order valence-corrected chi connectivity index (χ4v) is 4.65. The molecule has 0 N–H and O–H groups in total. The quantitative estimate of drug-likeness (QED) is 0.808. The number of nitrogens with zero attached hydrogens (tertiary/aromatic N) is 2. The largest absolute Gasteiger partial charge is 0.334 e. The molecule has 2 fully saturated rings. The van der Waals surface area contributed by atoms with E-state index in [0.29, 0.717) is 17.7 Å². The summed E-state index contributed by atoms with van der Waals surface area (Å²) in [7, 11) is 0. The number of thiazole rings is 1. The van der Waals surface area contributed by atoms with Crippen molar-refractivity contribution >= 4 is 17.2 Å². The molecule has 0 radical (unpaired) electrons. The van der Waals surface area contributed by atoms with E-state index >= 15 is 0 Å². The number of fused-ring (bicyclic) bond motifs is 1. The van der Waals surface area contributed by atoms with Gasteiger partial charge >= 0.3 is 0 Å². The lowest BCUT2D eigenvalue weighted by Gasteiger charge is -2.38. The third kappa shape index (κ3) is 3.15. The van der Waals surface area contributed by atoms with Crippen LogP contribution in [0.3, 0.4) is 0 Å². The van der Waals surface area contributed by atoms with Gasteiger partial charge in [0.25, 0.3) is 5.91 Å². The lowest BCUT2D eigenvalue weighted by atomic mass is 9.81. The molecule has 1 saturated carbocycles. The number of amides is 1. The highest BCUT2D eigenvalue weighted by molar-refractivity contribution is 7.09. The molecule has 0 spiro atoms. The molecule has 0 aromatic carbocycles. The normalized spacial score (nSPS) is 26.5. The maximum Gasteiger partial charge on any atom is 0.273 e. The van der Waals surface area contributed by atoms with Gasteiger partial charge < -0.3 is 4.90 Å². The van der Waals surface area contributed by atoms with E-state index in [2.05, 4.69) is 23.7 Å². The molecule has 4 heteroatoms. The highest BCUT2D eigenvalue weighted by Crippen LogP contribution is 2.35. The van der Waals surface area contributed by atoms with Crippen LogP contribution in [0.2, 0.25) is 0 Å². The fraction of sp³-hybridized carbons (Fsp3) is 0.765. The van der Waals surface area contributed by atoms with Crippen LogP contribution < -0.4 is 0 Å². The van der Waals surface area contributed by atoms with Crippen LogP contribution in [0.5, 0.6) is 0 Å². The van der Waals surface area contributed by atoms with Gasteiger partial charge in [-0.05, 0) is 31.6 Å². The molecule has 1 aromatic rings. The smallest absolute Gasteiger partial charge is 0.273 e. The van der Waals surface area contributed by atoms with Crippen molar-refractivity contribution in [2.75, 3.05) is 6.54 Å². The lowest BCUT2D eigenvalue weighted by molar-refractivity contribution is 0.0563. The first-order valence-electron chi connectivity index (χ1n) is 8.43. The molecule has 3 rings (SSSR count). The molecular weight excluding hydrogens is 280 g/mol. The summed E-state index contributed by atoms with van der Waals surface area (Å²) in [4.78, 5) is 19.7. The van der Waals surface area contributed by atoms with Crippen LogP contribution in [0.25, 0.3) is 0 Å². The van der Waals surface area contributed by atoms with Gasteiger partial charge in [-0.15, -0.1) is 11.3 Å². The molecule has 2 aliphatic rings. The van der Waals surface area contributed by atoms with Gasteiger partial charge in [0.1, 0.15) is 5.69 Å². The second-order valence-corrected chi connectivity index (χ2v) is 7.72. The van der Waals surface area contributed by atoms with Crippen molar-refractivity contribution in [2.24, 2.45) is 5.92 Å². The number of carbonyl (C=O) groups excluding carboxylic acids is 1. The SMILES string of the molecule is CC(C)c1nc(C(=O)N2CCCC[C@@H]3CCCC[C@H]32)cs1. The van der Waals surface area contributed by atoms with E-state index in [9.17, 15) is 4.79 Å². The standard InChI is InChI=1S/C17H26N2OS/c1-12(2)16-18-14(11-21-16)17(20)19-10-6-5-8-13-7-3-4-9-15(13)19/h11-13,15H,3-10H2,1-2H3/t13-,15+/m0/s1. The number of hydrogen-bond donors (Lipinski definition) is 0. The van der Waals surface area contributed by atoms with Gasteiger partial charge in [-0.1, -0.05) is 33.1 Å². The zero-order valence-corrected chi connectivity index (χ0v) is 14.0. The molecule has 0 unspecified atom stereocenters. The Bertz CT molecular complexity index is 497. The van der Waals surface area contributed by atoms with Crippen molar-refractivity contribution in [3.05, 3.63) is 16.1 Å². The Morgan fingerprint density at radius 3 is 2.67 bits per heavy atom. The monoisotopic (exact) mass is 306 g/mol. The van der Waals surface area contributed by atoms with Gasteiger partial charge in [0.15, 0.2) is 0 Å². The second-order valence-electron chi connectivity index (χ2n) is 6.83. The predicted molar refractivity (Wildman–Crippen MR) is 86.8 cm³/mol. The number of aromatic nitrogens is 1. The Kier molecular flexibility index (Phi) is 4.63. The third-order valence-electron chi connectivity index (χ3n) is 4.99. The number of hydrogen-bond acceptors (Lipinski definition) is 3. The lowest BCUT2D eigenvalue weighted by Crippen LogP contribution is -2.45.